The van der Waals surface area contributed by atoms with Crippen LogP contribution < -0.4 is 0 Å². The SMILES string of the molecule is c1ccc2c(c1)ccc1c(CCCc3cccc4c3ccc3ccccc34)cccc12. The van der Waals surface area contributed by atoms with Crippen LogP contribution in [-0.2, 0) is 12.8 Å². The monoisotopic (exact) mass is 396 g/mol. The van der Waals surface area contributed by atoms with E-state index in [9.17, 15) is 0 Å². The van der Waals surface area contributed by atoms with Gasteiger partial charge in [-0.25, -0.2) is 0 Å². The standard InChI is InChI=1S/C31H24/c1-3-14-26-24(8-1)18-20-28-22(12-6-16-30(26)28)10-5-11-23-13-7-17-31-27-15-4-2-9-25(27)19-21-29(23)31/h1-4,6-9,12-21H,5,10-11H2. The van der Waals surface area contributed by atoms with E-state index in [1.165, 1.54) is 54.2 Å². The molecule has 0 atom stereocenters. The molecule has 0 aliphatic heterocycles. The predicted molar refractivity (Wildman–Crippen MR) is 135 cm³/mol. The Morgan fingerprint density at radius 3 is 1.29 bits per heavy atom. The molecule has 0 aromatic heterocycles. The lowest BCUT2D eigenvalue weighted by atomic mass is 9.93. The lowest BCUT2D eigenvalue weighted by Crippen LogP contribution is -1.93. The fraction of sp³-hybridized carbons (Fsp3) is 0.0968. The van der Waals surface area contributed by atoms with Crippen molar-refractivity contribution in [3.05, 3.63) is 120 Å². The van der Waals surface area contributed by atoms with Crippen molar-refractivity contribution < 1.29 is 0 Å². The van der Waals surface area contributed by atoms with Crippen LogP contribution in [0.25, 0.3) is 43.1 Å². The molecule has 0 heteroatoms. The van der Waals surface area contributed by atoms with Gasteiger partial charge in [-0.05, 0) is 73.5 Å². The maximum atomic E-state index is 2.30. The average molecular weight is 397 g/mol. The lowest BCUT2D eigenvalue weighted by molar-refractivity contribution is 0.830. The first-order chi connectivity index (χ1) is 15.4. The molecule has 6 rings (SSSR count). The Bertz CT molecular complexity index is 1440. The zero-order valence-electron chi connectivity index (χ0n) is 17.5. The highest BCUT2D eigenvalue weighted by Gasteiger charge is 2.07. The molecule has 0 fully saturated rings. The molecule has 0 aliphatic rings. The Kier molecular flexibility index (Phi) is 4.43. The topological polar surface area (TPSA) is 0 Å². The van der Waals surface area contributed by atoms with E-state index >= 15 is 0 Å². The molecular formula is C31H24. The van der Waals surface area contributed by atoms with Gasteiger partial charge in [-0.2, -0.15) is 0 Å². The van der Waals surface area contributed by atoms with Crippen LogP contribution in [-0.4, -0.2) is 0 Å². The van der Waals surface area contributed by atoms with Gasteiger partial charge in [-0.1, -0.05) is 109 Å². The van der Waals surface area contributed by atoms with Crippen LogP contribution in [0.3, 0.4) is 0 Å². The van der Waals surface area contributed by atoms with Crippen LogP contribution in [0.15, 0.2) is 109 Å². The van der Waals surface area contributed by atoms with Crippen molar-refractivity contribution in [3.8, 4) is 0 Å². The zero-order chi connectivity index (χ0) is 20.6. The summed E-state index contributed by atoms with van der Waals surface area (Å²) in [6.07, 6.45) is 3.34. The van der Waals surface area contributed by atoms with E-state index in [1.54, 1.807) is 0 Å². The first-order valence-corrected chi connectivity index (χ1v) is 11.2. The Balaban J connectivity index is 1.32. The molecule has 31 heavy (non-hydrogen) atoms. The van der Waals surface area contributed by atoms with E-state index < -0.39 is 0 Å². The molecular weight excluding hydrogens is 372 g/mol. The van der Waals surface area contributed by atoms with Gasteiger partial charge in [0.1, 0.15) is 0 Å². The molecule has 0 bridgehead atoms. The van der Waals surface area contributed by atoms with Crippen LogP contribution in [0.5, 0.6) is 0 Å². The van der Waals surface area contributed by atoms with Crippen LogP contribution in [0, 0.1) is 0 Å². The van der Waals surface area contributed by atoms with Gasteiger partial charge in [0.25, 0.3) is 0 Å². The van der Waals surface area contributed by atoms with Crippen LogP contribution >= 0.6 is 0 Å². The molecule has 6 aromatic rings. The predicted octanol–water partition coefficient (Wildman–Crippen LogP) is 8.47. The summed E-state index contributed by atoms with van der Waals surface area (Å²) in [4.78, 5) is 0. The molecule has 0 amide bonds. The summed E-state index contributed by atoms with van der Waals surface area (Å²) in [5.74, 6) is 0. The summed E-state index contributed by atoms with van der Waals surface area (Å²) in [5.41, 5.74) is 2.91. The second-order valence-electron chi connectivity index (χ2n) is 8.45. The second-order valence-corrected chi connectivity index (χ2v) is 8.45. The lowest BCUT2D eigenvalue weighted by Gasteiger charge is -2.11. The number of hydrogen-bond acceptors (Lipinski definition) is 0. The summed E-state index contributed by atoms with van der Waals surface area (Å²) in [7, 11) is 0. The van der Waals surface area contributed by atoms with Gasteiger partial charge in [-0.15, -0.1) is 0 Å². The van der Waals surface area contributed by atoms with Gasteiger partial charge in [-0.3, -0.25) is 0 Å². The van der Waals surface area contributed by atoms with Crippen molar-refractivity contribution in [1.29, 1.82) is 0 Å². The Labute approximate surface area is 182 Å². The fourth-order valence-corrected chi connectivity index (χ4v) is 5.12. The van der Waals surface area contributed by atoms with Crippen molar-refractivity contribution in [2.75, 3.05) is 0 Å². The van der Waals surface area contributed by atoms with E-state index in [4.69, 9.17) is 0 Å². The number of hydrogen-bond donors (Lipinski definition) is 0. The quantitative estimate of drug-likeness (QED) is 0.262. The van der Waals surface area contributed by atoms with Gasteiger partial charge in [0, 0.05) is 0 Å². The van der Waals surface area contributed by atoms with Crippen molar-refractivity contribution in [2.45, 2.75) is 19.3 Å². The summed E-state index contributed by atoms with van der Waals surface area (Å²) < 4.78 is 0. The van der Waals surface area contributed by atoms with Gasteiger partial charge in [0.2, 0.25) is 0 Å². The summed E-state index contributed by atoms with van der Waals surface area (Å²) in [6.45, 7) is 0. The van der Waals surface area contributed by atoms with Crippen molar-refractivity contribution in [1.82, 2.24) is 0 Å². The van der Waals surface area contributed by atoms with Gasteiger partial charge in [0.15, 0.2) is 0 Å². The van der Waals surface area contributed by atoms with Gasteiger partial charge >= 0.3 is 0 Å². The van der Waals surface area contributed by atoms with Gasteiger partial charge < -0.3 is 0 Å². The highest BCUT2D eigenvalue weighted by atomic mass is 14.1. The van der Waals surface area contributed by atoms with E-state index in [0.717, 1.165) is 19.3 Å². The number of fused-ring (bicyclic) bond motifs is 6. The largest absolute Gasteiger partial charge is 0.0616 e. The number of benzene rings is 6. The highest BCUT2D eigenvalue weighted by Crippen LogP contribution is 2.30. The zero-order valence-corrected chi connectivity index (χ0v) is 17.5. The van der Waals surface area contributed by atoms with E-state index in [-0.39, 0.29) is 0 Å². The van der Waals surface area contributed by atoms with Crippen molar-refractivity contribution >= 4 is 43.1 Å². The molecule has 148 valence electrons. The van der Waals surface area contributed by atoms with Gasteiger partial charge in [0.05, 0.1) is 0 Å². The first kappa shape index (κ1) is 18.2. The maximum Gasteiger partial charge on any atom is -0.0103 e. The van der Waals surface area contributed by atoms with Crippen molar-refractivity contribution in [2.24, 2.45) is 0 Å². The van der Waals surface area contributed by atoms with Crippen LogP contribution in [0.2, 0.25) is 0 Å². The van der Waals surface area contributed by atoms with E-state index in [0.29, 0.717) is 0 Å². The summed E-state index contributed by atoms with van der Waals surface area (Å²) in [5, 5.41) is 10.9. The first-order valence-electron chi connectivity index (χ1n) is 11.2. The highest BCUT2D eigenvalue weighted by molar-refractivity contribution is 6.09. The fourth-order valence-electron chi connectivity index (χ4n) is 5.12. The minimum Gasteiger partial charge on any atom is -0.0616 e. The Morgan fingerprint density at radius 1 is 0.323 bits per heavy atom. The maximum absolute atomic E-state index is 2.30. The molecule has 0 nitrogen and oxygen atoms in total. The number of aryl methyl sites for hydroxylation is 2. The summed E-state index contributed by atoms with van der Waals surface area (Å²) in [6, 6.07) is 40.1. The normalized spacial score (nSPS) is 11.6. The summed E-state index contributed by atoms with van der Waals surface area (Å²) >= 11 is 0. The third-order valence-corrected chi connectivity index (χ3v) is 6.65. The molecule has 0 saturated carbocycles. The minimum absolute atomic E-state index is 1.10. The molecule has 0 saturated heterocycles. The molecule has 0 spiro atoms. The van der Waals surface area contributed by atoms with E-state index in [2.05, 4.69) is 109 Å². The Hall–Kier alpha value is -3.64. The minimum atomic E-state index is 1.10. The molecule has 0 unspecified atom stereocenters. The molecule has 0 radical (unpaired) electrons. The van der Waals surface area contributed by atoms with Crippen LogP contribution in [0.4, 0.5) is 0 Å². The van der Waals surface area contributed by atoms with Crippen molar-refractivity contribution in [3.63, 3.8) is 0 Å². The number of rotatable bonds is 4. The molecule has 0 aliphatic carbocycles. The van der Waals surface area contributed by atoms with E-state index in [1.807, 2.05) is 0 Å². The molecule has 0 heterocycles. The second kappa shape index (κ2) is 7.56. The average Bonchev–Trinajstić information content (AvgIpc) is 2.84. The smallest absolute Gasteiger partial charge is 0.0103 e. The molecule has 6 aromatic carbocycles. The molecule has 0 N–H and O–H groups in total. The third kappa shape index (κ3) is 3.16. The van der Waals surface area contributed by atoms with Crippen LogP contribution in [0.1, 0.15) is 17.5 Å². The Morgan fingerprint density at radius 2 is 0.774 bits per heavy atom. The third-order valence-electron chi connectivity index (χ3n) is 6.65.